The third-order valence-electron chi connectivity index (χ3n) is 2.73. The van der Waals surface area contributed by atoms with Crippen LogP contribution >= 0.6 is 27.5 Å². The molecule has 108 valence electrons. The molecule has 2 aromatic rings. The minimum atomic E-state index is -0.833. The van der Waals surface area contributed by atoms with E-state index >= 15 is 0 Å². The molecule has 0 aliphatic carbocycles. The Kier molecular flexibility index (Phi) is 4.93. The van der Waals surface area contributed by atoms with E-state index in [-0.39, 0.29) is 10.2 Å². The van der Waals surface area contributed by atoms with E-state index in [2.05, 4.69) is 21.2 Å². The summed E-state index contributed by atoms with van der Waals surface area (Å²) in [5, 5.41) is 12.5. The van der Waals surface area contributed by atoms with E-state index in [4.69, 9.17) is 11.6 Å². The fourth-order valence-corrected chi connectivity index (χ4v) is 2.44. The first-order valence-corrected chi connectivity index (χ1v) is 7.16. The Morgan fingerprint density at radius 1 is 1.24 bits per heavy atom. The zero-order valence-corrected chi connectivity index (χ0v) is 13.0. The standard InChI is InChI=1S/C14H10BrClN2O3/c15-11-8-10(6-7-12(11)18(20)21)17-14(19)13(16)9-4-2-1-3-5-9/h1-8,13H,(H,17,19). The lowest BCUT2D eigenvalue weighted by atomic mass is 10.1. The predicted octanol–water partition coefficient (Wildman–Crippen LogP) is 4.28. The Bertz CT molecular complexity index is 679. The average molecular weight is 370 g/mol. The van der Waals surface area contributed by atoms with Gasteiger partial charge in [-0.05, 0) is 33.6 Å². The monoisotopic (exact) mass is 368 g/mol. The Morgan fingerprint density at radius 3 is 2.48 bits per heavy atom. The van der Waals surface area contributed by atoms with Gasteiger partial charge in [-0.15, -0.1) is 11.6 Å². The van der Waals surface area contributed by atoms with Crippen molar-refractivity contribution in [3.8, 4) is 0 Å². The molecule has 1 unspecified atom stereocenters. The van der Waals surface area contributed by atoms with Crippen LogP contribution in [0.15, 0.2) is 53.0 Å². The minimum absolute atomic E-state index is 0.0709. The highest BCUT2D eigenvalue weighted by molar-refractivity contribution is 9.10. The molecule has 1 atom stereocenters. The first kappa shape index (κ1) is 15.5. The molecule has 0 aliphatic heterocycles. The van der Waals surface area contributed by atoms with Gasteiger partial charge in [0, 0.05) is 11.8 Å². The number of carbonyl (C=O) groups excluding carboxylic acids is 1. The third kappa shape index (κ3) is 3.80. The van der Waals surface area contributed by atoms with Crippen molar-refractivity contribution in [3.05, 3.63) is 68.7 Å². The van der Waals surface area contributed by atoms with Crippen LogP contribution in [0.2, 0.25) is 0 Å². The Balaban J connectivity index is 2.13. The molecule has 0 heterocycles. The average Bonchev–Trinajstić information content (AvgIpc) is 2.47. The molecule has 1 N–H and O–H groups in total. The van der Waals surface area contributed by atoms with Gasteiger partial charge < -0.3 is 5.32 Å². The summed E-state index contributed by atoms with van der Waals surface area (Å²) >= 11 is 9.19. The van der Waals surface area contributed by atoms with Gasteiger partial charge in [0.05, 0.1) is 9.40 Å². The maximum Gasteiger partial charge on any atom is 0.283 e. The van der Waals surface area contributed by atoms with E-state index in [9.17, 15) is 14.9 Å². The second kappa shape index (κ2) is 6.69. The van der Waals surface area contributed by atoms with E-state index < -0.39 is 16.2 Å². The van der Waals surface area contributed by atoms with Crippen LogP contribution in [0.3, 0.4) is 0 Å². The van der Waals surface area contributed by atoms with Crippen LogP contribution in [0.1, 0.15) is 10.9 Å². The SMILES string of the molecule is O=C(Nc1ccc([N+](=O)[O-])c(Br)c1)C(Cl)c1ccccc1. The van der Waals surface area contributed by atoms with Crippen molar-refractivity contribution < 1.29 is 9.72 Å². The van der Waals surface area contributed by atoms with E-state index in [1.54, 1.807) is 24.3 Å². The summed E-state index contributed by atoms with van der Waals surface area (Å²) in [6, 6.07) is 13.1. The van der Waals surface area contributed by atoms with Crippen molar-refractivity contribution in [1.29, 1.82) is 0 Å². The molecule has 0 fully saturated rings. The van der Waals surface area contributed by atoms with Gasteiger partial charge >= 0.3 is 0 Å². The summed E-state index contributed by atoms with van der Waals surface area (Å²) in [5.41, 5.74) is 1.04. The number of amides is 1. The van der Waals surface area contributed by atoms with Gasteiger partial charge in [-0.1, -0.05) is 30.3 Å². The van der Waals surface area contributed by atoms with E-state index in [1.807, 2.05) is 6.07 Å². The molecule has 0 spiro atoms. The summed E-state index contributed by atoms with van der Waals surface area (Å²) in [7, 11) is 0. The van der Waals surface area contributed by atoms with Crippen LogP contribution in [0.25, 0.3) is 0 Å². The summed E-state index contributed by atoms with van der Waals surface area (Å²) in [5.74, 6) is -0.399. The number of nitro groups is 1. The van der Waals surface area contributed by atoms with Crippen molar-refractivity contribution in [2.45, 2.75) is 5.38 Å². The summed E-state index contributed by atoms with van der Waals surface area (Å²) < 4.78 is 0.288. The van der Waals surface area contributed by atoms with Crippen molar-refractivity contribution >= 4 is 44.8 Å². The largest absolute Gasteiger partial charge is 0.324 e. The number of rotatable bonds is 4. The molecule has 0 saturated carbocycles. The van der Waals surface area contributed by atoms with Crippen molar-refractivity contribution in [2.24, 2.45) is 0 Å². The molecule has 0 aliphatic rings. The first-order chi connectivity index (χ1) is 9.99. The zero-order valence-electron chi connectivity index (χ0n) is 10.6. The highest BCUT2D eigenvalue weighted by Crippen LogP contribution is 2.29. The van der Waals surface area contributed by atoms with Crippen LogP contribution in [-0.2, 0) is 4.79 Å². The van der Waals surface area contributed by atoms with Crippen LogP contribution in [-0.4, -0.2) is 10.8 Å². The molecule has 1 amide bonds. The summed E-state index contributed by atoms with van der Waals surface area (Å²) in [6.07, 6.45) is 0. The lowest BCUT2D eigenvalue weighted by Gasteiger charge is -2.11. The van der Waals surface area contributed by atoms with Crippen molar-refractivity contribution in [1.82, 2.24) is 0 Å². The Labute approximate surface area is 134 Å². The number of anilines is 1. The number of carbonyl (C=O) groups is 1. The molecular formula is C14H10BrClN2O3. The molecular weight excluding hydrogens is 360 g/mol. The third-order valence-corrected chi connectivity index (χ3v) is 3.82. The smallest absolute Gasteiger partial charge is 0.283 e. The topological polar surface area (TPSA) is 72.2 Å². The van der Waals surface area contributed by atoms with E-state index in [0.29, 0.717) is 11.3 Å². The molecule has 0 bridgehead atoms. The number of halogens is 2. The highest BCUT2D eigenvalue weighted by Gasteiger charge is 2.18. The fourth-order valence-electron chi connectivity index (χ4n) is 1.71. The zero-order chi connectivity index (χ0) is 15.4. The van der Waals surface area contributed by atoms with Crippen LogP contribution in [0.5, 0.6) is 0 Å². The van der Waals surface area contributed by atoms with Gasteiger partial charge in [0.1, 0.15) is 5.38 Å². The van der Waals surface area contributed by atoms with Crippen LogP contribution < -0.4 is 5.32 Å². The molecule has 7 heteroatoms. The number of nitro benzene ring substituents is 1. The lowest BCUT2D eigenvalue weighted by Crippen LogP contribution is -2.17. The molecule has 2 aromatic carbocycles. The molecule has 21 heavy (non-hydrogen) atoms. The second-order valence-electron chi connectivity index (χ2n) is 4.19. The second-order valence-corrected chi connectivity index (χ2v) is 5.48. The number of alkyl halides is 1. The van der Waals surface area contributed by atoms with E-state index in [0.717, 1.165) is 0 Å². The van der Waals surface area contributed by atoms with E-state index in [1.165, 1.54) is 18.2 Å². The lowest BCUT2D eigenvalue weighted by molar-refractivity contribution is -0.385. The van der Waals surface area contributed by atoms with Gasteiger partial charge in [0.15, 0.2) is 0 Å². The summed E-state index contributed by atoms with van der Waals surface area (Å²) in [6.45, 7) is 0. The quantitative estimate of drug-likeness (QED) is 0.497. The number of hydrogen-bond donors (Lipinski definition) is 1. The maximum absolute atomic E-state index is 12.1. The van der Waals surface area contributed by atoms with Gasteiger partial charge in [0.2, 0.25) is 5.91 Å². The van der Waals surface area contributed by atoms with Crippen molar-refractivity contribution in [3.63, 3.8) is 0 Å². The Morgan fingerprint density at radius 2 is 1.90 bits per heavy atom. The predicted molar refractivity (Wildman–Crippen MR) is 84.5 cm³/mol. The minimum Gasteiger partial charge on any atom is -0.324 e. The first-order valence-electron chi connectivity index (χ1n) is 5.93. The molecule has 0 aromatic heterocycles. The molecule has 0 radical (unpaired) electrons. The van der Waals surface area contributed by atoms with Crippen LogP contribution in [0.4, 0.5) is 11.4 Å². The number of hydrogen-bond acceptors (Lipinski definition) is 3. The van der Waals surface area contributed by atoms with Gasteiger partial charge in [-0.25, -0.2) is 0 Å². The van der Waals surface area contributed by atoms with Gasteiger partial charge in [0.25, 0.3) is 5.69 Å². The molecule has 5 nitrogen and oxygen atoms in total. The van der Waals surface area contributed by atoms with Gasteiger partial charge in [-0.3, -0.25) is 14.9 Å². The van der Waals surface area contributed by atoms with Crippen LogP contribution in [0, 0.1) is 10.1 Å². The number of benzene rings is 2. The molecule has 2 rings (SSSR count). The number of nitrogens with one attached hydrogen (secondary N) is 1. The fraction of sp³-hybridized carbons (Fsp3) is 0.0714. The van der Waals surface area contributed by atoms with Gasteiger partial charge in [-0.2, -0.15) is 0 Å². The Hall–Kier alpha value is -1.92. The normalized spacial score (nSPS) is 11.7. The van der Waals surface area contributed by atoms with Crippen molar-refractivity contribution in [2.75, 3.05) is 5.32 Å². The molecule has 0 saturated heterocycles. The highest BCUT2D eigenvalue weighted by atomic mass is 79.9. The summed E-state index contributed by atoms with van der Waals surface area (Å²) in [4.78, 5) is 22.3. The number of nitrogens with zero attached hydrogens (tertiary/aromatic N) is 1. The maximum atomic E-state index is 12.1.